The van der Waals surface area contributed by atoms with Gasteiger partial charge in [0.1, 0.15) is 0 Å². The standard InChI is InChI=1S/C36H52F6N2O/c1-21(2)7-6-8-22(3)29-11-12-30-28-10-9-23-19-27(13-15-32(23,4)31(28)14-16-33(29,30)5)45-36(41,42)35(39,40)34(37,38)24-17-25(43)20-26(44)18-24/h9,17-18,20-22,27-31H,6-8,10-16,19,43-44H2,1-5H3/t22-,27?,28?,29-,30?,31?,32+,33-/m1/s1. The van der Waals surface area contributed by atoms with Crippen LogP contribution in [-0.4, -0.2) is 18.1 Å². The lowest BCUT2D eigenvalue weighted by atomic mass is 9.47. The van der Waals surface area contributed by atoms with Gasteiger partial charge in [0.2, 0.25) is 0 Å². The van der Waals surface area contributed by atoms with Gasteiger partial charge in [-0.3, -0.25) is 0 Å². The zero-order chi connectivity index (χ0) is 33.2. The maximum absolute atomic E-state index is 15.0. The summed E-state index contributed by atoms with van der Waals surface area (Å²) >= 11 is 0. The molecule has 4 N–H and O–H groups in total. The van der Waals surface area contributed by atoms with Crippen molar-refractivity contribution in [3.63, 3.8) is 0 Å². The average molecular weight is 643 g/mol. The predicted molar refractivity (Wildman–Crippen MR) is 167 cm³/mol. The summed E-state index contributed by atoms with van der Waals surface area (Å²) in [5.41, 5.74) is 9.94. The van der Waals surface area contributed by atoms with E-state index in [2.05, 4.69) is 45.4 Å². The van der Waals surface area contributed by atoms with Crippen molar-refractivity contribution in [1.82, 2.24) is 0 Å². The second-order valence-electron chi connectivity index (χ2n) is 15.8. The minimum Gasteiger partial charge on any atom is -0.399 e. The molecule has 5 rings (SSSR count). The van der Waals surface area contributed by atoms with Gasteiger partial charge < -0.3 is 16.2 Å². The van der Waals surface area contributed by atoms with Gasteiger partial charge in [-0.15, -0.1) is 0 Å². The molecular formula is C36H52F6N2O. The Balaban J connectivity index is 1.28. The van der Waals surface area contributed by atoms with Crippen molar-refractivity contribution < 1.29 is 31.1 Å². The van der Waals surface area contributed by atoms with Crippen LogP contribution in [-0.2, 0) is 10.7 Å². The quantitative estimate of drug-likeness (QED) is 0.152. The molecule has 0 heterocycles. The van der Waals surface area contributed by atoms with Crippen LogP contribution in [0.25, 0.3) is 0 Å². The molecule has 0 amide bonds. The fraction of sp³-hybridized carbons (Fsp3) is 0.778. The van der Waals surface area contributed by atoms with Gasteiger partial charge in [-0.05, 0) is 116 Å². The molecule has 8 atom stereocenters. The molecule has 4 unspecified atom stereocenters. The number of ether oxygens (including phenoxy) is 1. The van der Waals surface area contributed by atoms with Crippen LogP contribution in [0.2, 0.25) is 0 Å². The largest absolute Gasteiger partial charge is 0.426 e. The molecule has 0 bridgehead atoms. The minimum atomic E-state index is -5.83. The molecule has 3 nitrogen and oxygen atoms in total. The lowest BCUT2D eigenvalue weighted by Crippen LogP contribution is -2.56. The lowest BCUT2D eigenvalue weighted by Gasteiger charge is -2.58. The van der Waals surface area contributed by atoms with Crippen molar-refractivity contribution in [2.75, 3.05) is 11.5 Å². The Kier molecular flexibility index (Phi) is 9.15. The Hall–Kier alpha value is -1.90. The van der Waals surface area contributed by atoms with Gasteiger partial charge in [0.25, 0.3) is 0 Å². The molecule has 4 aliphatic rings. The Labute approximate surface area is 264 Å². The number of nitrogen functional groups attached to an aromatic ring is 2. The monoisotopic (exact) mass is 642 g/mol. The van der Waals surface area contributed by atoms with Gasteiger partial charge in [0.05, 0.1) is 6.10 Å². The van der Waals surface area contributed by atoms with Gasteiger partial charge >= 0.3 is 18.0 Å². The zero-order valence-corrected chi connectivity index (χ0v) is 27.5. The fourth-order valence-electron chi connectivity index (χ4n) is 10.3. The van der Waals surface area contributed by atoms with Crippen molar-refractivity contribution in [3.8, 4) is 0 Å². The molecular weight excluding hydrogens is 590 g/mol. The summed E-state index contributed by atoms with van der Waals surface area (Å²) in [5.74, 6) is -7.44. The van der Waals surface area contributed by atoms with E-state index in [9.17, 15) is 17.6 Å². The van der Waals surface area contributed by atoms with Crippen molar-refractivity contribution in [2.45, 2.75) is 129 Å². The minimum absolute atomic E-state index is 0.0413. The summed E-state index contributed by atoms with van der Waals surface area (Å²) in [4.78, 5) is 0. The Morgan fingerprint density at radius 2 is 1.53 bits per heavy atom. The van der Waals surface area contributed by atoms with Crippen LogP contribution in [0, 0.1) is 46.3 Å². The SMILES string of the molecule is CC(C)CCC[C@@H](C)[C@H]1CCC2C3CC=C4CC(OC(F)(F)C(F)(F)C(F)(F)c5cc(N)cc(N)c5)CC[C@]4(C)C3CC[C@@]21C. The predicted octanol–water partition coefficient (Wildman–Crippen LogP) is 10.6. The maximum atomic E-state index is 15.0. The first-order valence-electron chi connectivity index (χ1n) is 17.0. The van der Waals surface area contributed by atoms with Crippen LogP contribution in [0.5, 0.6) is 0 Å². The number of rotatable bonds is 10. The topological polar surface area (TPSA) is 61.3 Å². The molecule has 1 aromatic rings. The second kappa shape index (κ2) is 12.0. The van der Waals surface area contributed by atoms with Crippen LogP contribution in [0.4, 0.5) is 37.7 Å². The van der Waals surface area contributed by atoms with E-state index in [0.29, 0.717) is 53.6 Å². The van der Waals surface area contributed by atoms with Crippen LogP contribution < -0.4 is 11.5 Å². The zero-order valence-electron chi connectivity index (χ0n) is 27.5. The van der Waals surface area contributed by atoms with Crippen LogP contribution in [0.3, 0.4) is 0 Å². The Bertz CT molecular complexity index is 1250. The van der Waals surface area contributed by atoms with E-state index in [0.717, 1.165) is 36.8 Å². The van der Waals surface area contributed by atoms with Crippen molar-refractivity contribution >= 4 is 11.4 Å². The molecule has 9 heteroatoms. The molecule has 254 valence electrons. The molecule has 4 aliphatic carbocycles. The molecule has 0 aromatic heterocycles. The number of hydrogen-bond donors (Lipinski definition) is 2. The molecule has 3 saturated carbocycles. The number of nitrogens with two attached hydrogens (primary N) is 2. The summed E-state index contributed by atoms with van der Waals surface area (Å²) in [7, 11) is 0. The lowest BCUT2D eigenvalue weighted by molar-refractivity contribution is -0.413. The van der Waals surface area contributed by atoms with E-state index in [1.165, 1.54) is 32.1 Å². The molecule has 3 fully saturated rings. The smallest absolute Gasteiger partial charge is 0.399 e. The van der Waals surface area contributed by atoms with Crippen LogP contribution >= 0.6 is 0 Å². The number of benzene rings is 1. The summed E-state index contributed by atoms with van der Waals surface area (Å²) in [6.07, 6.45) is 5.43. The van der Waals surface area contributed by atoms with E-state index in [4.69, 9.17) is 11.5 Å². The normalized spacial score (nSPS) is 34.6. The third-order valence-electron chi connectivity index (χ3n) is 12.7. The maximum Gasteiger partial charge on any atom is 0.426 e. The summed E-state index contributed by atoms with van der Waals surface area (Å²) < 4.78 is 94.5. The molecule has 0 radical (unpaired) electrons. The molecule has 0 aliphatic heterocycles. The van der Waals surface area contributed by atoms with E-state index < -0.39 is 29.6 Å². The molecule has 0 saturated heterocycles. The number of alkyl halides is 6. The number of allylic oxidation sites excluding steroid dienone is 1. The van der Waals surface area contributed by atoms with Crippen LogP contribution in [0.1, 0.15) is 111 Å². The van der Waals surface area contributed by atoms with E-state index >= 15 is 8.78 Å². The van der Waals surface area contributed by atoms with Gasteiger partial charge in [-0.25, -0.2) is 0 Å². The molecule has 1 aromatic carbocycles. The number of anilines is 2. The first-order chi connectivity index (χ1) is 20.8. The van der Waals surface area contributed by atoms with Crippen molar-refractivity contribution in [1.29, 1.82) is 0 Å². The third kappa shape index (κ3) is 5.90. The second-order valence-corrected chi connectivity index (χ2v) is 15.8. The highest BCUT2D eigenvalue weighted by atomic mass is 19.3. The first-order valence-corrected chi connectivity index (χ1v) is 17.0. The summed E-state index contributed by atoms with van der Waals surface area (Å²) in [6, 6.07) is 2.15. The van der Waals surface area contributed by atoms with E-state index in [1.807, 2.05) is 0 Å². The van der Waals surface area contributed by atoms with E-state index in [-0.39, 0.29) is 29.6 Å². The number of hydrogen-bond acceptors (Lipinski definition) is 3. The van der Waals surface area contributed by atoms with Gasteiger partial charge in [-0.2, -0.15) is 26.3 Å². The first kappa shape index (κ1) is 34.4. The third-order valence-corrected chi connectivity index (χ3v) is 12.7. The Morgan fingerprint density at radius 3 is 2.18 bits per heavy atom. The van der Waals surface area contributed by atoms with Crippen LogP contribution in [0.15, 0.2) is 29.8 Å². The van der Waals surface area contributed by atoms with Gasteiger partial charge in [0.15, 0.2) is 0 Å². The number of halogens is 6. The highest BCUT2D eigenvalue weighted by Crippen LogP contribution is 2.67. The summed E-state index contributed by atoms with van der Waals surface area (Å²) in [5, 5.41) is 0. The summed E-state index contributed by atoms with van der Waals surface area (Å²) in [6.45, 7) is 11.7. The van der Waals surface area contributed by atoms with Crippen molar-refractivity contribution in [3.05, 3.63) is 35.4 Å². The van der Waals surface area contributed by atoms with Crippen molar-refractivity contribution in [2.24, 2.45) is 46.3 Å². The highest BCUT2D eigenvalue weighted by Gasteiger charge is 2.74. The number of fused-ring (bicyclic) bond motifs is 5. The molecule has 45 heavy (non-hydrogen) atoms. The fourth-order valence-corrected chi connectivity index (χ4v) is 10.3. The van der Waals surface area contributed by atoms with Gasteiger partial charge in [-0.1, -0.05) is 65.5 Å². The van der Waals surface area contributed by atoms with E-state index in [1.54, 1.807) is 0 Å². The Morgan fingerprint density at radius 1 is 0.867 bits per heavy atom. The highest BCUT2D eigenvalue weighted by molar-refractivity contribution is 5.55. The average Bonchev–Trinajstić information content (AvgIpc) is 3.29. The van der Waals surface area contributed by atoms with Gasteiger partial charge in [0, 0.05) is 16.9 Å². The molecule has 0 spiro atoms.